The number of benzene rings is 3. The van der Waals surface area contributed by atoms with E-state index in [0.29, 0.717) is 17.1 Å². The molecule has 0 atom stereocenters. The van der Waals surface area contributed by atoms with Crippen LogP contribution in [0.25, 0.3) is 0 Å². The van der Waals surface area contributed by atoms with E-state index in [1.165, 1.54) is 45.6 Å². The van der Waals surface area contributed by atoms with Crippen LogP contribution in [-0.2, 0) is 10.0 Å². The van der Waals surface area contributed by atoms with Gasteiger partial charge >= 0.3 is 0 Å². The van der Waals surface area contributed by atoms with Gasteiger partial charge in [-0.2, -0.15) is 0 Å². The summed E-state index contributed by atoms with van der Waals surface area (Å²) < 4.78 is 44.1. The molecule has 0 fully saturated rings. The number of methoxy groups -OCH3 is 3. The van der Waals surface area contributed by atoms with E-state index in [9.17, 15) is 13.2 Å². The molecule has 0 saturated heterocycles. The fourth-order valence-corrected chi connectivity index (χ4v) is 4.04. The first kappa shape index (κ1) is 22.2. The molecule has 0 aliphatic heterocycles. The number of ether oxygens (including phenoxy) is 3. The molecule has 0 unspecified atom stereocenters. The lowest BCUT2D eigenvalue weighted by atomic mass is 10.0. The maximum atomic E-state index is 13.2. The van der Waals surface area contributed by atoms with Gasteiger partial charge in [0, 0.05) is 11.6 Å². The van der Waals surface area contributed by atoms with E-state index >= 15 is 0 Å². The molecule has 0 bridgehead atoms. The molecule has 0 heterocycles. The van der Waals surface area contributed by atoms with E-state index in [4.69, 9.17) is 14.2 Å². The zero-order chi connectivity index (χ0) is 22.6. The number of aryl methyl sites for hydroxylation is 1. The van der Waals surface area contributed by atoms with E-state index in [1.54, 1.807) is 36.4 Å². The van der Waals surface area contributed by atoms with Crippen molar-refractivity contribution in [3.8, 4) is 17.2 Å². The summed E-state index contributed by atoms with van der Waals surface area (Å²) in [5.41, 5.74) is 1.50. The van der Waals surface area contributed by atoms with Gasteiger partial charge in [-0.25, -0.2) is 8.42 Å². The molecule has 0 radical (unpaired) electrons. The Morgan fingerprint density at radius 2 is 1.39 bits per heavy atom. The Morgan fingerprint density at radius 3 is 1.94 bits per heavy atom. The highest BCUT2D eigenvalue weighted by atomic mass is 32.2. The maximum absolute atomic E-state index is 13.2. The monoisotopic (exact) mass is 441 g/mol. The van der Waals surface area contributed by atoms with Crippen LogP contribution >= 0.6 is 0 Å². The van der Waals surface area contributed by atoms with Gasteiger partial charge in [0.25, 0.3) is 10.0 Å². The first-order chi connectivity index (χ1) is 14.8. The van der Waals surface area contributed by atoms with Crippen molar-refractivity contribution in [2.24, 2.45) is 0 Å². The minimum Gasteiger partial charge on any atom is -0.497 e. The molecule has 7 nitrogen and oxygen atoms in total. The second-order valence-electron chi connectivity index (χ2n) is 6.73. The summed E-state index contributed by atoms with van der Waals surface area (Å²) in [6.45, 7) is 1.86. The number of nitrogens with one attached hydrogen (secondary N) is 1. The molecule has 1 N–H and O–H groups in total. The summed E-state index contributed by atoms with van der Waals surface area (Å²) in [6.07, 6.45) is 0. The summed E-state index contributed by atoms with van der Waals surface area (Å²) in [5, 5.41) is 0. The van der Waals surface area contributed by atoms with Crippen LogP contribution in [0.1, 0.15) is 21.5 Å². The number of hydrogen-bond acceptors (Lipinski definition) is 6. The van der Waals surface area contributed by atoms with Gasteiger partial charge in [0.2, 0.25) is 0 Å². The summed E-state index contributed by atoms with van der Waals surface area (Å²) in [6, 6.07) is 15.8. The summed E-state index contributed by atoms with van der Waals surface area (Å²) in [5.74, 6) is 0.808. The molecule has 0 saturated carbocycles. The van der Waals surface area contributed by atoms with Crippen molar-refractivity contribution in [1.29, 1.82) is 0 Å². The minimum atomic E-state index is -3.94. The Bertz CT molecular complexity index is 1190. The van der Waals surface area contributed by atoms with Crippen molar-refractivity contribution in [2.45, 2.75) is 11.8 Å². The zero-order valence-electron chi connectivity index (χ0n) is 17.6. The highest BCUT2D eigenvalue weighted by Gasteiger charge is 2.23. The number of carbonyl (C=O) groups excluding carboxylic acids is 1. The fourth-order valence-electron chi connectivity index (χ4n) is 2.97. The third-order valence-corrected chi connectivity index (χ3v) is 6.08. The molecule has 3 aromatic carbocycles. The lowest BCUT2D eigenvalue weighted by Crippen LogP contribution is -2.16. The molecule has 0 aromatic heterocycles. The van der Waals surface area contributed by atoms with Gasteiger partial charge in [0.05, 0.1) is 37.5 Å². The van der Waals surface area contributed by atoms with Crippen molar-refractivity contribution in [1.82, 2.24) is 0 Å². The SMILES string of the molecule is COc1ccc(C(=O)c2cc(OC)c(OC)cc2NS(=O)(=O)c2ccc(C)cc2)cc1. The van der Waals surface area contributed by atoms with E-state index < -0.39 is 10.0 Å². The molecular formula is C23H23NO6S. The van der Waals surface area contributed by atoms with Crippen LogP contribution in [-0.4, -0.2) is 35.5 Å². The second-order valence-corrected chi connectivity index (χ2v) is 8.41. The van der Waals surface area contributed by atoms with E-state index in [0.717, 1.165) is 5.56 Å². The third kappa shape index (κ3) is 4.80. The van der Waals surface area contributed by atoms with Crippen molar-refractivity contribution in [3.05, 3.63) is 77.4 Å². The van der Waals surface area contributed by atoms with E-state index in [1.807, 2.05) is 6.92 Å². The number of sulfonamides is 1. The normalized spacial score (nSPS) is 11.0. The number of ketones is 1. The summed E-state index contributed by atoms with van der Waals surface area (Å²) in [7, 11) is 0.460. The highest BCUT2D eigenvalue weighted by Crippen LogP contribution is 2.35. The lowest BCUT2D eigenvalue weighted by Gasteiger charge is -2.16. The Morgan fingerprint density at radius 1 is 0.806 bits per heavy atom. The standard InChI is InChI=1S/C23H23NO6S/c1-15-5-11-18(12-6-15)31(26,27)24-20-14-22(30-4)21(29-3)13-19(20)23(25)16-7-9-17(28-2)10-8-16/h5-14,24H,1-4H3. The molecule has 0 aliphatic rings. The van der Waals surface area contributed by atoms with Crippen LogP contribution < -0.4 is 18.9 Å². The largest absolute Gasteiger partial charge is 0.497 e. The van der Waals surface area contributed by atoms with Crippen molar-refractivity contribution in [2.75, 3.05) is 26.1 Å². The maximum Gasteiger partial charge on any atom is 0.261 e. The van der Waals surface area contributed by atoms with Crippen LogP contribution in [0.15, 0.2) is 65.6 Å². The quantitative estimate of drug-likeness (QED) is 0.530. The Labute approximate surface area is 181 Å². The average molecular weight is 442 g/mol. The van der Waals surface area contributed by atoms with Crippen LogP contribution in [0, 0.1) is 6.92 Å². The lowest BCUT2D eigenvalue weighted by molar-refractivity contribution is 0.103. The topological polar surface area (TPSA) is 90.9 Å². The fraction of sp³-hybridized carbons (Fsp3) is 0.174. The van der Waals surface area contributed by atoms with Gasteiger partial charge in [-0.05, 0) is 49.4 Å². The van der Waals surface area contributed by atoms with Crippen molar-refractivity contribution in [3.63, 3.8) is 0 Å². The van der Waals surface area contributed by atoms with Gasteiger partial charge in [-0.15, -0.1) is 0 Å². The second kappa shape index (κ2) is 9.09. The molecule has 0 aliphatic carbocycles. The Hall–Kier alpha value is -3.52. The number of rotatable bonds is 8. The summed E-state index contributed by atoms with van der Waals surface area (Å²) in [4.78, 5) is 13.3. The zero-order valence-corrected chi connectivity index (χ0v) is 18.4. The van der Waals surface area contributed by atoms with Gasteiger partial charge < -0.3 is 14.2 Å². The minimum absolute atomic E-state index is 0.0794. The van der Waals surface area contributed by atoms with E-state index in [-0.39, 0.29) is 27.7 Å². The molecule has 3 aromatic rings. The van der Waals surface area contributed by atoms with Gasteiger partial charge in [-0.1, -0.05) is 17.7 Å². The molecule has 8 heteroatoms. The van der Waals surface area contributed by atoms with Crippen LogP contribution in [0.3, 0.4) is 0 Å². The Kier molecular flexibility index (Phi) is 6.50. The van der Waals surface area contributed by atoms with E-state index in [2.05, 4.69) is 4.72 Å². The predicted octanol–water partition coefficient (Wildman–Crippen LogP) is 4.05. The average Bonchev–Trinajstić information content (AvgIpc) is 2.78. The first-order valence-electron chi connectivity index (χ1n) is 9.33. The van der Waals surface area contributed by atoms with Gasteiger partial charge in [0.1, 0.15) is 5.75 Å². The number of hydrogen-bond donors (Lipinski definition) is 1. The van der Waals surface area contributed by atoms with Crippen LogP contribution in [0.5, 0.6) is 17.2 Å². The molecule has 31 heavy (non-hydrogen) atoms. The predicted molar refractivity (Wildman–Crippen MR) is 118 cm³/mol. The van der Waals surface area contributed by atoms with Gasteiger partial charge in [-0.3, -0.25) is 9.52 Å². The first-order valence-corrected chi connectivity index (χ1v) is 10.8. The molecule has 0 amide bonds. The number of carbonyl (C=O) groups is 1. The molecule has 162 valence electrons. The smallest absolute Gasteiger partial charge is 0.261 e. The van der Waals surface area contributed by atoms with Crippen molar-refractivity contribution < 1.29 is 27.4 Å². The number of anilines is 1. The molecule has 0 spiro atoms. The third-order valence-electron chi connectivity index (χ3n) is 4.70. The molecule has 3 rings (SSSR count). The van der Waals surface area contributed by atoms with Crippen LogP contribution in [0.4, 0.5) is 5.69 Å². The molecular weight excluding hydrogens is 418 g/mol. The highest BCUT2D eigenvalue weighted by molar-refractivity contribution is 7.92. The summed E-state index contributed by atoms with van der Waals surface area (Å²) >= 11 is 0. The van der Waals surface area contributed by atoms with Crippen LogP contribution in [0.2, 0.25) is 0 Å². The Balaban J connectivity index is 2.09. The van der Waals surface area contributed by atoms with Gasteiger partial charge in [0.15, 0.2) is 17.3 Å². The van der Waals surface area contributed by atoms with Crippen molar-refractivity contribution >= 4 is 21.5 Å².